The average molecular weight is 227 g/mol. The van der Waals surface area contributed by atoms with Crippen LogP contribution in [-0.2, 0) is 4.79 Å². The summed E-state index contributed by atoms with van der Waals surface area (Å²) in [6.45, 7) is 6.76. The molecular weight excluding hydrogens is 202 g/mol. The fourth-order valence-electron chi connectivity index (χ4n) is 3.00. The van der Waals surface area contributed by atoms with Gasteiger partial charge in [0.1, 0.15) is 0 Å². The molecule has 1 aliphatic rings. The molecule has 3 heteroatoms. The normalized spacial score (nSPS) is 19.6. The van der Waals surface area contributed by atoms with Crippen LogP contribution >= 0.6 is 0 Å². The minimum atomic E-state index is -0.689. The van der Waals surface area contributed by atoms with Crippen molar-refractivity contribution in [2.24, 2.45) is 5.92 Å². The maximum Gasteiger partial charge on any atom is 0.317 e. The molecule has 94 valence electrons. The van der Waals surface area contributed by atoms with Crippen LogP contribution in [0.5, 0.6) is 0 Å². The van der Waals surface area contributed by atoms with E-state index in [2.05, 4.69) is 25.7 Å². The zero-order valence-corrected chi connectivity index (χ0v) is 10.8. The number of hydrogen-bond acceptors (Lipinski definition) is 2. The van der Waals surface area contributed by atoms with E-state index in [0.29, 0.717) is 18.0 Å². The first-order chi connectivity index (χ1) is 7.56. The van der Waals surface area contributed by atoms with E-state index in [1.165, 1.54) is 25.7 Å². The molecule has 0 heterocycles. The van der Waals surface area contributed by atoms with Gasteiger partial charge in [0.05, 0.1) is 6.54 Å². The van der Waals surface area contributed by atoms with Crippen LogP contribution in [0.3, 0.4) is 0 Å². The first kappa shape index (κ1) is 13.5. The maximum atomic E-state index is 11.0. The van der Waals surface area contributed by atoms with Gasteiger partial charge in [-0.15, -0.1) is 0 Å². The van der Waals surface area contributed by atoms with Crippen LogP contribution in [0.1, 0.15) is 52.9 Å². The predicted molar refractivity (Wildman–Crippen MR) is 65.5 cm³/mol. The number of carboxylic acid groups (broad SMARTS) is 1. The Morgan fingerprint density at radius 2 is 1.94 bits per heavy atom. The number of rotatable bonds is 6. The van der Waals surface area contributed by atoms with Gasteiger partial charge < -0.3 is 5.11 Å². The second kappa shape index (κ2) is 6.24. The molecule has 0 aliphatic heterocycles. The van der Waals surface area contributed by atoms with Gasteiger partial charge in [0.25, 0.3) is 0 Å². The van der Waals surface area contributed by atoms with Crippen LogP contribution in [0.2, 0.25) is 0 Å². The van der Waals surface area contributed by atoms with Crippen molar-refractivity contribution in [2.75, 3.05) is 6.54 Å². The lowest BCUT2D eigenvalue weighted by Gasteiger charge is -2.37. The summed E-state index contributed by atoms with van der Waals surface area (Å²) >= 11 is 0. The molecule has 0 bridgehead atoms. The lowest BCUT2D eigenvalue weighted by atomic mass is 9.97. The third-order valence-electron chi connectivity index (χ3n) is 3.73. The Kier molecular flexibility index (Phi) is 5.26. The molecule has 0 amide bonds. The zero-order chi connectivity index (χ0) is 12.1. The Morgan fingerprint density at radius 1 is 1.38 bits per heavy atom. The molecule has 1 unspecified atom stereocenters. The standard InChI is InChI=1S/C13H25NO2/c1-4-12(10(2)3)14(9-13(15)16)11-7-5-6-8-11/h10-12H,4-9H2,1-3H3,(H,15,16). The molecule has 0 radical (unpaired) electrons. The number of carboxylic acids is 1. The smallest absolute Gasteiger partial charge is 0.317 e. The third kappa shape index (κ3) is 3.48. The molecule has 0 aromatic rings. The van der Waals surface area contributed by atoms with Crippen molar-refractivity contribution in [3.63, 3.8) is 0 Å². The predicted octanol–water partition coefficient (Wildman–Crippen LogP) is 2.75. The van der Waals surface area contributed by atoms with Crippen LogP contribution in [-0.4, -0.2) is 34.6 Å². The zero-order valence-electron chi connectivity index (χ0n) is 10.8. The molecule has 1 atom stereocenters. The van der Waals surface area contributed by atoms with Crippen molar-refractivity contribution >= 4 is 5.97 Å². The van der Waals surface area contributed by atoms with Crippen molar-refractivity contribution in [1.82, 2.24) is 4.90 Å². The van der Waals surface area contributed by atoms with Crippen molar-refractivity contribution in [1.29, 1.82) is 0 Å². The second-order valence-electron chi connectivity index (χ2n) is 5.22. The summed E-state index contributed by atoms with van der Waals surface area (Å²) in [6.07, 6.45) is 5.92. The lowest BCUT2D eigenvalue weighted by Crippen LogP contribution is -2.47. The minimum Gasteiger partial charge on any atom is -0.480 e. The van der Waals surface area contributed by atoms with E-state index in [-0.39, 0.29) is 6.54 Å². The number of aliphatic carboxylic acids is 1. The molecule has 0 saturated heterocycles. The first-order valence-electron chi connectivity index (χ1n) is 6.53. The minimum absolute atomic E-state index is 0.210. The largest absolute Gasteiger partial charge is 0.480 e. The van der Waals surface area contributed by atoms with E-state index < -0.39 is 5.97 Å². The molecule has 3 nitrogen and oxygen atoms in total. The Labute approximate surface area is 98.8 Å². The second-order valence-corrected chi connectivity index (χ2v) is 5.22. The van der Waals surface area contributed by atoms with Gasteiger partial charge in [0.2, 0.25) is 0 Å². The van der Waals surface area contributed by atoms with Crippen LogP contribution in [0.4, 0.5) is 0 Å². The fraction of sp³-hybridized carbons (Fsp3) is 0.923. The molecule has 1 N–H and O–H groups in total. The highest BCUT2D eigenvalue weighted by molar-refractivity contribution is 5.69. The van der Waals surface area contributed by atoms with Crippen LogP contribution in [0.15, 0.2) is 0 Å². The molecule has 0 aromatic carbocycles. The topological polar surface area (TPSA) is 40.5 Å². The molecule has 1 saturated carbocycles. The highest BCUT2D eigenvalue weighted by Crippen LogP contribution is 2.28. The highest BCUT2D eigenvalue weighted by atomic mass is 16.4. The molecule has 0 aromatic heterocycles. The van der Waals surface area contributed by atoms with Gasteiger partial charge in [0, 0.05) is 12.1 Å². The van der Waals surface area contributed by atoms with Crippen molar-refractivity contribution < 1.29 is 9.90 Å². The van der Waals surface area contributed by atoms with Crippen LogP contribution in [0, 0.1) is 5.92 Å². The van der Waals surface area contributed by atoms with E-state index in [9.17, 15) is 4.79 Å². The Morgan fingerprint density at radius 3 is 2.31 bits per heavy atom. The summed E-state index contributed by atoms with van der Waals surface area (Å²) in [5.74, 6) is -0.157. The first-order valence-corrected chi connectivity index (χ1v) is 6.53. The van der Waals surface area contributed by atoms with Gasteiger partial charge in [-0.1, -0.05) is 33.6 Å². The summed E-state index contributed by atoms with van der Waals surface area (Å²) in [7, 11) is 0. The van der Waals surface area contributed by atoms with Crippen LogP contribution in [0.25, 0.3) is 0 Å². The lowest BCUT2D eigenvalue weighted by molar-refractivity contribution is -0.140. The van der Waals surface area contributed by atoms with E-state index in [1.807, 2.05) is 0 Å². The van der Waals surface area contributed by atoms with E-state index in [1.54, 1.807) is 0 Å². The maximum absolute atomic E-state index is 11.0. The highest BCUT2D eigenvalue weighted by Gasteiger charge is 2.30. The Bertz CT molecular complexity index is 222. The van der Waals surface area contributed by atoms with Crippen LogP contribution < -0.4 is 0 Å². The summed E-state index contributed by atoms with van der Waals surface area (Å²) in [6, 6.07) is 0.919. The van der Waals surface area contributed by atoms with Crippen molar-refractivity contribution in [3.8, 4) is 0 Å². The number of hydrogen-bond donors (Lipinski definition) is 1. The molecule has 1 rings (SSSR count). The van der Waals surface area contributed by atoms with Crippen molar-refractivity contribution in [3.05, 3.63) is 0 Å². The van der Waals surface area contributed by atoms with Gasteiger partial charge in [0.15, 0.2) is 0 Å². The summed E-state index contributed by atoms with van der Waals surface area (Å²) < 4.78 is 0. The monoisotopic (exact) mass is 227 g/mol. The van der Waals surface area contributed by atoms with E-state index in [4.69, 9.17) is 5.11 Å². The van der Waals surface area contributed by atoms with Gasteiger partial charge >= 0.3 is 5.97 Å². The quantitative estimate of drug-likeness (QED) is 0.758. The summed E-state index contributed by atoms with van der Waals surface area (Å²) in [4.78, 5) is 13.2. The van der Waals surface area contributed by atoms with E-state index >= 15 is 0 Å². The SMILES string of the molecule is CCC(C(C)C)N(CC(=O)O)C1CCCC1. The average Bonchev–Trinajstić information content (AvgIpc) is 2.68. The fourth-order valence-corrected chi connectivity index (χ4v) is 3.00. The molecule has 16 heavy (non-hydrogen) atoms. The number of nitrogens with zero attached hydrogens (tertiary/aromatic N) is 1. The molecule has 0 spiro atoms. The Balaban J connectivity index is 2.71. The summed E-state index contributed by atoms with van der Waals surface area (Å²) in [5.41, 5.74) is 0. The van der Waals surface area contributed by atoms with Gasteiger partial charge in [-0.3, -0.25) is 9.69 Å². The third-order valence-corrected chi connectivity index (χ3v) is 3.73. The van der Waals surface area contributed by atoms with E-state index in [0.717, 1.165) is 6.42 Å². The summed E-state index contributed by atoms with van der Waals surface area (Å²) in [5, 5.41) is 9.03. The van der Waals surface area contributed by atoms with Gasteiger partial charge in [-0.25, -0.2) is 0 Å². The Hall–Kier alpha value is -0.570. The van der Waals surface area contributed by atoms with Gasteiger partial charge in [-0.2, -0.15) is 0 Å². The van der Waals surface area contributed by atoms with Crippen molar-refractivity contribution in [2.45, 2.75) is 65.0 Å². The molecule has 1 fully saturated rings. The number of carbonyl (C=O) groups is 1. The molecule has 1 aliphatic carbocycles. The van der Waals surface area contributed by atoms with Gasteiger partial charge in [-0.05, 0) is 25.2 Å². The molecular formula is C13H25NO2.